The first kappa shape index (κ1) is 18.3. The van der Waals surface area contributed by atoms with Gasteiger partial charge in [0, 0.05) is 29.9 Å². The van der Waals surface area contributed by atoms with Crippen molar-refractivity contribution in [1.29, 1.82) is 0 Å². The molecule has 0 amide bonds. The maximum Gasteiger partial charge on any atom is 0.185 e. The zero-order valence-corrected chi connectivity index (χ0v) is 14.7. The number of methoxy groups -OCH3 is 1. The van der Waals surface area contributed by atoms with Crippen LogP contribution in [0, 0.1) is 0 Å². The second-order valence-electron chi connectivity index (χ2n) is 5.52. The normalized spacial score (nSPS) is 11.2. The van der Waals surface area contributed by atoms with Crippen LogP contribution in [-0.4, -0.2) is 25.0 Å². The summed E-state index contributed by atoms with van der Waals surface area (Å²) in [5.74, 6) is 0.616. The van der Waals surface area contributed by atoms with Crippen molar-refractivity contribution in [3.63, 3.8) is 0 Å². The van der Waals surface area contributed by atoms with Crippen LogP contribution in [0.15, 0.2) is 54.6 Å². The molecule has 0 saturated heterocycles. The molecule has 0 bridgehead atoms. The summed E-state index contributed by atoms with van der Waals surface area (Å²) in [6, 6.07) is 10.7. The van der Waals surface area contributed by atoms with Gasteiger partial charge in [0.2, 0.25) is 0 Å². The Morgan fingerprint density at radius 2 is 1.96 bits per heavy atom. The number of hydrogen-bond donors (Lipinski definition) is 2. The molecule has 2 N–H and O–H groups in total. The first-order valence-corrected chi connectivity index (χ1v) is 8.10. The fraction of sp³-hybridized carbons (Fsp3) is 0.190. The van der Waals surface area contributed by atoms with E-state index in [9.17, 15) is 9.90 Å². The van der Waals surface area contributed by atoms with Gasteiger partial charge in [-0.1, -0.05) is 12.2 Å². The quantitative estimate of drug-likeness (QED) is 0.445. The van der Waals surface area contributed by atoms with Crippen LogP contribution < -0.4 is 10.1 Å². The van der Waals surface area contributed by atoms with Gasteiger partial charge in [-0.25, -0.2) is 0 Å². The van der Waals surface area contributed by atoms with Gasteiger partial charge in [0.25, 0.3) is 0 Å². The maximum atomic E-state index is 12.3. The molecule has 0 aromatic heterocycles. The molecule has 0 radical (unpaired) electrons. The third kappa shape index (κ3) is 4.73. The smallest absolute Gasteiger partial charge is 0.185 e. The summed E-state index contributed by atoms with van der Waals surface area (Å²) >= 11 is 0. The van der Waals surface area contributed by atoms with E-state index in [1.165, 1.54) is 13.2 Å². The van der Waals surface area contributed by atoms with Gasteiger partial charge < -0.3 is 15.2 Å². The third-order valence-electron chi connectivity index (χ3n) is 3.88. The van der Waals surface area contributed by atoms with Gasteiger partial charge in [-0.15, -0.1) is 0 Å². The third-order valence-corrected chi connectivity index (χ3v) is 3.88. The minimum Gasteiger partial charge on any atom is -0.508 e. The number of ether oxygens (including phenoxy) is 1. The zero-order chi connectivity index (χ0) is 18.2. The van der Waals surface area contributed by atoms with Crippen molar-refractivity contribution < 1.29 is 14.6 Å². The highest BCUT2D eigenvalue weighted by molar-refractivity contribution is 6.07. The predicted octanol–water partition coefficient (Wildman–Crippen LogP) is 4.46. The summed E-state index contributed by atoms with van der Waals surface area (Å²) in [5, 5.41) is 13.1. The molecule has 0 saturated carbocycles. The Morgan fingerprint density at radius 1 is 1.24 bits per heavy atom. The fourth-order valence-electron chi connectivity index (χ4n) is 2.41. The number of aromatic hydroxyl groups is 1. The molecule has 0 spiro atoms. The average molecular weight is 337 g/mol. The first-order valence-electron chi connectivity index (χ1n) is 8.10. The lowest BCUT2D eigenvalue weighted by atomic mass is 10.0. The number of carbonyl (C=O) groups is 1. The van der Waals surface area contributed by atoms with Crippen molar-refractivity contribution in [2.24, 2.45) is 0 Å². The highest BCUT2D eigenvalue weighted by atomic mass is 16.5. The van der Waals surface area contributed by atoms with Crippen molar-refractivity contribution in [1.82, 2.24) is 0 Å². The van der Waals surface area contributed by atoms with E-state index < -0.39 is 0 Å². The SMILES string of the molecule is C/C=C/Cc1cc(/C=C/C(=O)c2ccc(NC)cc2)c(OC)cc1O. The number of carbonyl (C=O) groups excluding carboxylic acids is 1. The van der Waals surface area contributed by atoms with E-state index in [0.717, 1.165) is 16.8 Å². The Hall–Kier alpha value is -3.01. The van der Waals surface area contributed by atoms with Crippen molar-refractivity contribution in [3.8, 4) is 11.5 Å². The molecule has 130 valence electrons. The Morgan fingerprint density at radius 3 is 2.56 bits per heavy atom. The van der Waals surface area contributed by atoms with Gasteiger partial charge in [0.1, 0.15) is 11.5 Å². The molecule has 25 heavy (non-hydrogen) atoms. The number of rotatable bonds is 7. The lowest BCUT2D eigenvalue weighted by Crippen LogP contribution is -1.96. The topological polar surface area (TPSA) is 58.6 Å². The average Bonchev–Trinajstić information content (AvgIpc) is 2.65. The van der Waals surface area contributed by atoms with Crippen LogP contribution in [0.1, 0.15) is 28.4 Å². The zero-order valence-electron chi connectivity index (χ0n) is 14.7. The largest absolute Gasteiger partial charge is 0.508 e. The minimum atomic E-state index is -0.0900. The number of phenols is 1. The van der Waals surface area contributed by atoms with E-state index in [0.29, 0.717) is 17.7 Å². The second-order valence-corrected chi connectivity index (χ2v) is 5.52. The van der Waals surface area contributed by atoms with E-state index in [1.807, 2.05) is 44.3 Å². The summed E-state index contributed by atoms with van der Waals surface area (Å²) in [5.41, 5.74) is 3.10. The lowest BCUT2D eigenvalue weighted by Gasteiger charge is -2.09. The van der Waals surface area contributed by atoms with Crippen LogP contribution in [0.5, 0.6) is 11.5 Å². The van der Waals surface area contributed by atoms with Gasteiger partial charge in [0.15, 0.2) is 5.78 Å². The fourth-order valence-corrected chi connectivity index (χ4v) is 2.41. The van der Waals surface area contributed by atoms with E-state index in [4.69, 9.17) is 4.74 Å². The summed E-state index contributed by atoms with van der Waals surface area (Å²) in [4.78, 5) is 12.3. The number of benzene rings is 2. The Kier molecular flexibility index (Phi) is 6.40. The molecule has 0 aliphatic rings. The van der Waals surface area contributed by atoms with Crippen molar-refractivity contribution in [2.75, 3.05) is 19.5 Å². The number of nitrogens with one attached hydrogen (secondary N) is 1. The number of anilines is 1. The van der Waals surface area contributed by atoms with E-state index in [2.05, 4.69) is 5.32 Å². The Balaban J connectivity index is 2.27. The number of phenolic OH excluding ortho intramolecular Hbond substituents is 1. The molecule has 0 heterocycles. The molecule has 2 aromatic carbocycles. The molecule has 0 aliphatic heterocycles. The van der Waals surface area contributed by atoms with Crippen molar-refractivity contribution in [2.45, 2.75) is 13.3 Å². The molecule has 2 rings (SSSR count). The lowest BCUT2D eigenvalue weighted by molar-refractivity contribution is 0.104. The maximum absolute atomic E-state index is 12.3. The summed E-state index contributed by atoms with van der Waals surface area (Å²) in [6.07, 6.45) is 7.74. The molecule has 2 aromatic rings. The van der Waals surface area contributed by atoms with Gasteiger partial charge in [0.05, 0.1) is 7.11 Å². The number of hydrogen-bond acceptors (Lipinski definition) is 4. The van der Waals surface area contributed by atoms with E-state index in [-0.39, 0.29) is 11.5 Å². The van der Waals surface area contributed by atoms with Gasteiger partial charge >= 0.3 is 0 Å². The number of ketones is 1. The monoisotopic (exact) mass is 337 g/mol. The highest BCUT2D eigenvalue weighted by Crippen LogP contribution is 2.30. The minimum absolute atomic E-state index is 0.0900. The standard InChI is InChI=1S/C21H23NO3/c1-4-5-6-16-13-17(21(25-3)14-20(16)24)9-12-19(23)15-7-10-18(22-2)11-8-15/h4-5,7-14,22,24H,6H2,1-3H3/b5-4+,12-9+. The predicted molar refractivity (Wildman–Crippen MR) is 103 cm³/mol. The van der Waals surface area contributed by atoms with Crippen molar-refractivity contribution >= 4 is 17.5 Å². The Bertz CT molecular complexity index is 790. The number of allylic oxidation sites excluding steroid dienone is 3. The molecular formula is C21H23NO3. The second kappa shape index (κ2) is 8.73. The van der Waals surface area contributed by atoms with E-state index >= 15 is 0 Å². The molecule has 4 nitrogen and oxygen atoms in total. The summed E-state index contributed by atoms with van der Waals surface area (Å²) < 4.78 is 5.31. The molecule has 0 unspecified atom stereocenters. The molecule has 0 atom stereocenters. The van der Waals surface area contributed by atoms with Gasteiger partial charge in [-0.05, 0) is 61.4 Å². The van der Waals surface area contributed by atoms with E-state index in [1.54, 1.807) is 24.3 Å². The molecule has 0 aliphatic carbocycles. The first-order chi connectivity index (χ1) is 12.1. The van der Waals surface area contributed by atoms with Crippen LogP contribution in [0.25, 0.3) is 6.08 Å². The van der Waals surface area contributed by atoms with Crippen molar-refractivity contribution in [3.05, 3.63) is 71.3 Å². The highest BCUT2D eigenvalue weighted by Gasteiger charge is 2.08. The Labute approximate surface area is 148 Å². The molecule has 0 fully saturated rings. The van der Waals surface area contributed by atoms with Crippen LogP contribution in [0.4, 0.5) is 5.69 Å². The van der Waals surface area contributed by atoms with Crippen LogP contribution in [-0.2, 0) is 6.42 Å². The molecular weight excluding hydrogens is 314 g/mol. The molecule has 4 heteroatoms. The van der Waals surface area contributed by atoms with Crippen LogP contribution >= 0.6 is 0 Å². The van der Waals surface area contributed by atoms with Crippen LogP contribution in [0.3, 0.4) is 0 Å². The van der Waals surface area contributed by atoms with Gasteiger partial charge in [-0.2, -0.15) is 0 Å². The van der Waals surface area contributed by atoms with Gasteiger partial charge in [-0.3, -0.25) is 4.79 Å². The van der Waals surface area contributed by atoms with Crippen LogP contribution in [0.2, 0.25) is 0 Å². The summed E-state index contributed by atoms with van der Waals surface area (Å²) in [7, 11) is 3.37. The summed E-state index contributed by atoms with van der Waals surface area (Å²) in [6.45, 7) is 1.93.